The van der Waals surface area contributed by atoms with Gasteiger partial charge in [0.15, 0.2) is 5.13 Å². The molecule has 0 aliphatic carbocycles. The number of rotatable bonds is 6. The summed E-state index contributed by atoms with van der Waals surface area (Å²) >= 11 is 1.53. The van der Waals surface area contributed by atoms with Crippen LogP contribution in [0, 0.1) is 0 Å². The van der Waals surface area contributed by atoms with E-state index in [1.54, 1.807) is 0 Å². The van der Waals surface area contributed by atoms with Gasteiger partial charge in [-0.15, -0.1) is 11.3 Å². The summed E-state index contributed by atoms with van der Waals surface area (Å²) in [5, 5.41) is 14.4. The summed E-state index contributed by atoms with van der Waals surface area (Å²) in [6.45, 7) is 3.00. The topological polar surface area (TPSA) is 62.2 Å². The molecule has 1 aromatic rings. The lowest BCUT2D eigenvalue weighted by molar-refractivity contribution is -0.136. The van der Waals surface area contributed by atoms with Gasteiger partial charge in [-0.1, -0.05) is 6.92 Å². The fourth-order valence-electron chi connectivity index (χ4n) is 0.970. The third-order valence-corrected chi connectivity index (χ3v) is 2.52. The summed E-state index contributed by atoms with van der Waals surface area (Å²) in [5.74, 6) is -0.777. The van der Waals surface area contributed by atoms with Crippen LogP contribution in [-0.2, 0) is 11.2 Å². The van der Waals surface area contributed by atoms with E-state index < -0.39 is 5.97 Å². The van der Waals surface area contributed by atoms with Gasteiger partial charge < -0.3 is 10.4 Å². The van der Waals surface area contributed by atoms with Crippen molar-refractivity contribution >= 4 is 22.4 Å². The third-order valence-electron chi connectivity index (χ3n) is 1.67. The molecule has 0 atom stereocenters. The first-order valence-corrected chi connectivity index (χ1v) is 5.50. The molecule has 0 aliphatic heterocycles. The van der Waals surface area contributed by atoms with Gasteiger partial charge >= 0.3 is 5.97 Å². The number of nitrogens with one attached hydrogen (secondary N) is 1. The van der Waals surface area contributed by atoms with Crippen LogP contribution in [-0.4, -0.2) is 22.6 Å². The van der Waals surface area contributed by atoms with Crippen LogP contribution in [0.3, 0.4) is 0 Å². The summed E-state index contributed by atoms with van der Waals surface area (Å²) < 4.78 is 0. The molecular formula is C9H14N2O2S. The zero-order valence-corrected chi connectivity index (χ0v) is 8.93. The van der Waals surface area contributed by atoms with Gasteiger partial charge in [0.05, 0.1) is 12.1 Å². The molecule has 78 valence electrons. The smallest absolute Gasteiger partial charge is 0.303 e. The molecule has 0 saturated carbocycles. The molecule has 14 heavy (non-hydrogen) atoms. The summed E-state index contributed by atoms with van der Waals surface area (Å²) in [4.78, 5) is 14.6. The van der Waals surface area contributed by atoms with Crippen molar-refractivity contribution in [2.45, 2.75) is 26.2 Å². The number of aromatic nitrogens is 1. The van der Waals surface area contributed by atoms with Gasteiger partial charge in [0.1, 0.15) is 0 Å². The Morgan fingerprint density at radius 3 is 3.14 bits per heavy atom. The van der Waals surface area contributed by atoms with Crippen molar-refractivity contribution in [1.82, 2.24) is 4.98 Å². The van der Waals surface area contributed by atoms with Gasteiger partial charge in [0.25, 0.3) is 0 Å². The molecule has 0 fully saturated rings. The van der Waals surface area contributed by atoms with E-state index in [1.165, 1.54) is 11.3 Å². The molecule has 0 amide bonds. The minimum atomic E-state index is -0.777. The van der Waals surface area contributed by atoms with Gasteiger partial charge in [-0.05, 0) is 6.42 Å². The number of carboxylic acids is 1. The largest absolute Gasteiger partial charge is 0.481 e. The van der Waals surface area contributed by atoms with Crippen LogP contribution in [0.15, 0.2) is 5.38 Å². The number of thiazole rings is 1. The Morgan fingerprint density at radius 2 is 2.50 bits per heavy atom. The monoisotopic (exact) mass is 214 g/mol. The van der Waals surface area contributed by atoms with E-state index in [9.17, 15) is 4.79 Å². The number of hydrogen-bond donors (Lipinski definition) is 2. The van der Waals surface area contributed by atoms with Crippen molar-refractivity contribution in [2.24, 2.45) is 0 Å². The van der Waals surface area contributed by atoms with E-state index in [0.29, 0.717) is 6.42 Å². The van der Waals surface area contributed by atoms with E-state index in [-0.39, 0.29) is 6.42 Å². The average molecular weight is 214 g/mol. The molecule has 0 bridgehead atoms. The van der Waals surface area contributed by atoms with E-state index in [0.717, 1.165) is 23.8 Å². The van der Waals surface area contributed by atoms with Gasteiger partial charge in [0.2, 0.25) is 0 Å². The van der Waals surface area contributed by atoms with Crippen molar-refractivity contribution in [2.75, 3.05) is 11.9 Å². The Hall–Kier alpha value is -1.10. The second kappa shape index (κ2) is 5.59. The van der Waals surface area contributed by atoms with Crippen LogP contribution in [0.4, 0.5) is 5.13 Å². The Labute approximate surface area is 87.0 Å². The van der Waals surface area contributed by atoms with Crippen LogP contribution in [0.1, 0.15) is 25.5 Å². The first-order chi connectivity index (χ1) is 6.72. The SMILES string of the molecule is CCCNc1nc(CCC(=O)O)cs1. The zero-order chi connectivity index (χ0) is 10.4. The Kier molecular flexibility index (Phi) is 4.39. The maximum absolute atomic E-state index is 10.3. The summed E-state index contributed by atoms with van der Waals surface area (Å²) in [5.41, 5.74) is 0.857. The first-order valence-electron chi connectivity index (χ1n) is 4.62. The summed E-state index contributed by atoms with van der Waals surface area (Å²) in [7, 11) is 0. The van der Waals surface area contributed by atoms with Crippen LogP contribution < -0.4 is 5.32 Å². The van der Waals surface area contributed by atoms with Crippen molar-refractivity contribution in [3.8, 4) is 0 Å². The number of carbonyl (C=O) groups is 1. The van der Waals surface area contributed by atoms with Crippen LogP contribution in [0.2, 0.25) is 0 Å². The highest BCUT2D eigenvalue weighted by molar-refractivity contribution is 7.13. The molecule has 5 heteroatoms. The van der Waals surface area contributed by atoms with Crippen LogP contribution in [0.25, 0.3) is 0 Å². The normalized spacial score (nSPS) is 10.1. The fraction of sp³-hybridized carbons (Fsp3) is 0.556. The van der Waals surface area contributed by atoms with Crippen molar-refractivity contribution < 1.29 is 9.90 Å². The molecule has 1 heterocycles. The summed E-state index contributed by atoms with van der Waals surface area (Å²) in [6, 6.07) is 0. The minimum Gasteiger partial charge on any atom is -0.481 e. The third kappa shape index (κ3) is 3.74. The molecule has 1 aromatic heterocycles. The lowest BCUT2D eigenvalue weighted by Gasteiger charge is -1.97. The molecule has 0 unspecified atom stereocenters. The van der Waals surface area contributed by atoms with E-state index in [4.69, 9.17) is 5.11 Å². The Bertz CT molecular complexity index is 299. The standard InChI is InChI=1S/C9H14N2O2S/c1-2-5-10-9-11-7(6-14-9)3-4-8(12)13/h6H,2-5H2,1H3,(H,10,11)(H,12,13). The zero-order valence-electron chi connectivity index (χ0n) is 8.12. The lowest BCUT2D eigenvalue weighted by Crippen LogP contribution is -2.00. The van der Waals surface area contributed by atoms with E-state index in [1.807, 2.05) is 5.38 Å². The second-order valence-corrected chi connectivity index (χ2v) is 3.82. The van der Waals surface area contributed by atoms with Crippen molar-refractivity contribution in [3.63, 3.8) is 0 Å². The second-order valence-electron chi connectivity index (χ2n) is 2.96. The highest BCUT2D eigenvalue weighted by Crippen LogP contribution is 2.16. The van der Waals surface area contributed by atoms with E-state index in [2.05, 4.69) is 17.2 Å². The molecule has 1 rings (SSSR count). The molecule has 0 spiro atoms. The quantitative estimate of drug-likeness (QED) is 0.760. The maximum atomic E-state index is 10.3. The number of anilines is 1. The molecule has 0 saturated heterocycles. The molecular weight excluding hydrogens is 200 g/mol. The minimum absolute atomic E-state index is 0.150. The molecule has 2 N–H and O–H groups in total. The van der Waals surface area contributed by atoms with Gasteiger partial charge in [-0.2, -0.15) is 0 Å². The number of hydrogen-bond acceptors (Lipinski definition) is 4. The molecule has 0 aromatic carbocycles. The molecule has 0 radical (unpaired) electrons. The fourth-order valence-corrected chi connectivity index (χ4v) is 1.74. The number of aliphatic carboxylic acids is 1. The van der Waals surface area contributed by atoms with Crippen LogP contribution >= 0.6 is 11.3 Å². The predicted octanol–water partition coefficient (Wildman–Crippen LogP) is 1.98. The van der Waals surface area contributed by atoms with Gasteiger partial charge in [-0.25, -0.2) is 4.98 Å². The predicted molar refractivity (Wildman–Crippen MR) is 56.9 cm³/mol. The molecule has 0 aliphatic rings. The van der Waals surface area contributed by atoms with E-state index >= 15 is 0 Å². The van der Waals surface area contributed by atoms with Crippen molar-refractivity contribution in [3.05, 3.63) is 11.1 Å². The number of carboxylic acid groups (broad SMARTS) is 1. The highest BCUT2D eigenvalue weighted by atomic mass is 32.1. The summed E-state index contributed by atoms with van der Waals surface area (Å²) in [6.07, 6.45) is 1.72. The number of aryl methyl sites for hydroxylation is 1. The first kappa shape index (κ1) is 11.0. The average Bonchev–Trinajstić information content (AvgIpc) is 2.59. The Morgan fingerprint density at radius 1 is 1.71 bits per heavy atom. The maximum Gasteiger partial charge on any atom is 0.303 e. The lowest BCUT2D eigenvalue weighted by atomic mass is 10.2. The van der Waals surface area contributed by atoms with Gasteiger partial charge in [0, 0.05) is 18.3 Å². The molecule has 4 nitrogen and oxygen atoms in total. The Balaban J connectivity index is 2.38. The number of nitrogens with zero attached hydrogens (tertiary/aromatic N) is 1. The van der Waals surface area contributed by atoms with Gasteiger partial charge in [-0.3, -0.25) is 4.79 Å². The van der Waals surface area contributed by atoms with Crippen LogP contribution in [0.5, 0.6) is 0 Å². The highest BCUT2D eigenvalue weighted by Gasteiger charge is 2.03. The van der Waals surface area contributed by atoms with Crippen molar-refractivity contribution in [1.29, 1.82) is 0 Å².